The highest BCUT2D eigenvalue weighted by Crippen LogP contribution is 2.27. The minimum atomic E-state index is -0.309. The first kappa shape index (κ1) is 18.4. The monoisotopic (exact) mass is 399 g/mol. The number of pyridine rings is 2. The van der Waals surface area contributed by atoms with Crippen LogP contribution in [0.3, 0.4) is 0 Å². The largest absolute Gasteiger partial charge is 0.368 e. The number of benzene rings is 1. The smallest absolute Gasteiger partial charge is 0.254 e. The second-order valence-electron chi connectivity index (χ2n) is 7.44. The number of aryl methyl sites for hydroxylation is 1. The average Bonchev–Trinajstić information content (AvgIpc) is 3.22. The lowest BCUT2D eigenvalue weighted by molar-refractivity contribution is -0.0241. The number of hydrogen-bond acceptors (Lipinski definition) is 5. The van der Waals surface area contributed by atoms with E-state index in [1.807, 2.05) is 66.6 Å². The summed E-state index contributed by atoms with van der Waals surface area (Å²) < 4.78 is 7.73. The Labute approximate surface area is 173 Å². The van der Waals surface area contributed by atoms with Gasteiger partial charge in [0.2, 0.25) is 0 Å². The van der Waals surface area contributed by atoms with Crippen LogP contribution < -0.4 is 0 Å². The highest BCUT2D eigenvalue weighted by Gasteiger charge is 2.29. The topological polar surface area (TPSA) is 72.6 Å². The van der Waals surface area contributed by atoms with E-state index >= 15 is 0 Å². The number of amides is 1. The summed E-state index contributed by atoms with van der Waals surface area (Å²) in [4.78, 5) is 18.9. The highest BCUT2D eigenvalue weighted by atomic mass is 16.5. The van der Waals surface area contributed by atoms with E-state index in [-0.39, 0.29) is 12.0 Å². The summed E-state index contributed by atoms with van der Waals surface area (Å²) in [5.41, 5.74) is 5.49. The van der Waals surface area contributed by atoms with Gasteiger partial charge in [-0.15, -0.1) is 5.10 Å². The number of morpholine rings is 1. The van der Waals surface area contributed by atoms with Crippen LogP contribution in [0.5, 0.6) is 0 Å². The number of hydrogen-bond donors (Lipinski definition) is 0. The first-order valence-electron chi connectivity index (χ1n) is 9.92. The lowest BCUT2D eigenvalue weighted by Gasteiger charge is -2.32. The Morgan fingerprint density at radius 3 is 2.80 bits per heavy atom. The van der Waals surface area contributed by atoms with Gasteiger partial charge in [-0.05, 0) is 42.8 Å². The molecule has 5 rings (SSSR count). The van der Waals surface area contributed by atoms with E-state index in [1.54, 1.807) is 16.9 Å². The number of fused-ring (bicyclic) bond motifs is 1. The molecule has 0 radical (unpaired) electrons. The number of nitrogens with zero attached hydrogens (tertiary/aromatic N) is 5. The molecule has 0 bridgehead atoms. The molecular weight excluding hydrogens is 378 g/mol. The van der Waals surface area contributed by atoms with Crippen molar-refractivity contribution in [1.82, 2.24) is 24.7 Å². The lowest BCUT2D eigenvalue weighted by Crippen LogP contribution is -2.42. The molecule has 4 heterocycles. The van der Waals surface area contributed by atoms with Crippen LogP contribution >= 0.6 is 0 Å². The van der Waals surface area contributed by atoms with Crippen LogP contribution in [0.4, 0.5) is 0 Å². The average molecular weight is 399 g/mol. The molecule has 1 amide bonds. The summed E-state index contributed by atoms with van der Waals surface area (Å²) in [6.45, 7) is 3.47. The summed E-state index contributed by atoms with van der Waals surface area (Å²) in [5, 5.41) is 8.66. The van der Waals surface area contributed by atoms with Gasteiger partial charge in [0.15, 0.2) is 0 Å². The van der Waals surface area contributed by atoms with Gasteiger partial charge >= 0.3 is 0 Å². The van der Waals surface area contributed by atoms with Crippen molar-refractivity contribution in [2.45, 2.75) is 13.0 Å². The molecule has 1 atom stereocenters. The van der Waals surface area contributed by atoms with Gasteiger partial charge in [-0.3, -0.25) is 9.78 Å². The third-order valence-corrected chi connectivity index (χ3v) is 5.38. The molecule has 7 nitrogen and oxygen atoms in total. The molecule has 30 heavy (non-hydrogen) atoms. The zero-order valence-corrected chi connectivity index (χ0v) is 16.6. The maximum Gasteiger partial charge on any atom is 0.254 e. The quantitative estimate of drug-likeness (QED) is 0.528. The van der Waals surface area contributed by atoms with Crippen LogP contribution in [0.1, 0.15) is 27.7 Å². The van der Waals surface area contributed by atoms with Crippen LogP contribution in [-0.2, 0) is 4.74 Å². The number of aromatic nitrogens is 4. The van der Waals surface area contributed by atoms with Crippen LogP contribution in [0.25, 0.3) is 16.6 Å². The number of carbonyl (C=O) groups is 1. The van der Waals surface area contributed by atoms with E-state index in [1.165, 1.54) is 0 Å². The maximum atomic E-state index is 13.0. The molecule has 3 aromatic heterocycles. The van der Waals surface area contributed by atoms with E-state index in [2.05, 4.69) is 15.3 Å². The molecule has 1 aromatic carbocycles. The van der Waals surface area contributed by atoms with E-state index in [9.17, 15) is 4.79 Å². The van der Waals surface area contributed by atoms with Crippen molar-refractivity contribution in [2.75, 3.05) is 19.7 Å². The van der Waals surface area contributed by atoms with Crippen molar-refractivity contribution in [3.05, 3.63) is 83.9 Å². The Bertz CT molecular complexity index is 1200. The molecule has 1 aliphatic rings. The number of rotatable bonds is 3. The molecule has 4 aromatic rings. The molecule has 0 N–H and O–H groups in total. The molecular formula is C23H21N5O2. The molecule has 150 valence electrons. The summed E-state index contributed by atoms with van der Waals surface area (Å²) in [6.07, 6.45) is 5.17. The first-order valence-corrected chi connectivity index (χ1v) is 9.92. The Morgan fingerprint density at radius 1 is 1.10 bits per heavy atom. The van der Waals surface area contributed by atoms with Gasteiger partial charge in [0.25, 0.3) is 5.91 Å². The van der Waals surface area contributed by atoms with E-state index < -0.39 is 0 Å². The van der Waals surface area contributed by atoms with Crippen molar-refractivity contribution in [3.63, 3.8) is 0 Å². The van der Waals surface area contributed by atoms with Gasteiger partial charge in [0.05, 0.1) is 18.7 Å². The van der Waals surface area contributed by atoms with E-state index in [0.717, 1.165) is 27.9 Å². The Hall–Kier alpha value is -3.58. The van der Waals surface area contributed by atoms with Crippen molar-refractivity contribution >= 4 is 11.4 Å². The van der Waals surface area contributed by atoms with Gasteiger partial charge in [0.1, 0.15) is 11.8 Å². The van der Waals surface area contributed by atoms with Crippen molar-refractivity contribution in [1.29, 1.82) is 0 Å². The lowest BCUT2D eigenvalue weighted by atomic mass is 10.1. The van der Waals surface area contributed by atoms with Crippen molar-refractivity contribution in [3.8, 4) is 11.1 Å². The van der Waals surface area contributed by atoms with Crippen LogP contribution in [0.15, 0.2) is 67.1 Å². The molecule has 1 fully saturated rings. The van der Waals surface area contributed by atoms with Gasteiger partial charge in [-0.25, -0.2) is 4.52 Å². The zero-order valence-electron chi connectivity index (χ0n) is 16.6. The summed E-state index contributed by atoms with van der Waals surface area (Å²) in [6, 6.07) is 15.6. The maximum absolute atomic E-state index is 13.0. The predicted molar refractivity (Wildman–Crippen MR) is 112 cm³/mol. The van der Waals surface area contributed by atoms with Crippen LogP contribution in [0, 0.1) is 6.92 Å². The van der Waals surface area contributed by atoms with Gasteiger partial charge in [0, 0.05) is 36.3 Å². The fourth-order valence-electron chi connectivity index (χ4n) is 3.82. The highest BCUT2D eigenvalue weighted by molar-refractivity contribution is 5.94. The predicted octanol–water partition coefficient (Wildman–Crippen LogP) is 3.31. The molecule has 0 aliphatic carbocycles. The summed E-state index contributed by atoms with van der Waals surface area (Å²) in [5.74, 6) is 0.0171. The van der Waals surface area contributed by atoms with Gasteiger partial charge in [-0.2, -0.15) is 0 Å². The Kier molecular flexibility index (Phi) is 4.72. The first-order chi connectivity index (χ1) is 14.7. The Balaban J connectivity index is 1.40. The Morgan fingerprint density at radius 2 is 1.97 bits per heavy atom. The van der Waals surface area contributed by atoms with Gasteiger partial charge in [-0.1, -0.05) is 29.0 Å². The van der Waals surface area contributed by atoms with Crippen LogP contribution in [0.2, 0.25) is 0 Å². The summed E-state index contributed by atoms with van der Waals surface area (Å²) in [7, 11) is 0. The standard InChI is InChI=1S/C23H21N5O2/c1-16-3-2-4-18(13-16)23(29)27-11-12-30-21(15-27)22-20-6-5-19(14-28(20)26-25-22)17-7-9-24-10-8-17/h2-10,13-14,21H,11-12,15H2,1H3/t21-/m1/s1. The molecule has 1 aliphatic heterocycles. The normalized spacial score (nSPS) is 16.7. The molecule has 7 heteroatoms. The third-order valence-electron chi connectivity index (χ3n) is 5.38. The van der Waals surface area contributed by atoms with E-state index in [4.69, 9.17) is 4.74 Å². The SMILES string of the molecule is Cc1cccc(C(=O)N2CCO[C@@H](c3nnn4cc(-c5ccncc5)ccc34)C2)c1. The van der Waals surface area contributed by atoms with Crippen molar-refractivity contribution in [2.24, 2.45) is 0 Å². The fraction of sp³-hybridized carbons (Fsp3) is 0.217. The third kappa shape index (κ3) is 3.44. The van der Waals surface area contributed by atoms with E-state index in [0.29, 0.717) is 25.3 Å². The minimum Gasteiger partial charge on any atom is -0.368 e. The van der Waals surface area contributed by atoms with Crippen LogP contribution in [-0.4, -0.2) is 50.3 Å². The van der Waals surface area contributed by atoms with Gasteiger partial charge < -0.3 is 9.64 Å². The minimum absolute atomic E-state index is 0.0171. The second kappa shape index (κ2) is 7.68. The molecule has 0 saturated carbocycles. The van der Waals surface area contributed by atoms with Crippen molar-refractivity contribution < 1.29 is 9.53 Å². The number of ether oxygens (including phenoxy) is 1. The second-order valence-corrected chi connectivity index (χ2v) is 7.44. The number of carbonyl (C=O) groups excluding carboxylic acids is 1. The fourth-order valence-corrected chi connectivity index (χ4v) is 3.82. The zero-order chi connectivity index (χ0) is 20.5. The summed E-state index contributed by atoms with van der Waals surface area (Å²) >= 11 is 0. The molecule has 0 unspecified atom stereocenters. The molecule has 0 spiro atoms. The molecule has 1 saturated heterocycles.